The van der Waals surface area contributed by atoms with Crippen molar-refractivity contribution in [3.05, 3.63) is 40.3 Å². The van der Waals surface area contributed by atoms with E-state index < -0.39 is 17.2 Å². The molecule has 4 rings (SSSR count). The van der Waals surface area contributed by atoms with Crippen LogP contribution in [0.5, 0.6) is 0 Å². The lowest BCUT2D eigenvalue weighted by Crippen LogP contribution is -2.52. The Morgan fingerprint density at radius 1 is 1.10 bits per heavy atom. The number of carboxylic acids is 1. The number of nitrogens with zero attached hydrogens (tertiary/aromatic N) is 3. The summed E-state index contributed by atoms with van der Waals surface area (Å²) in [6, 6.07) is 7.28. The minimum Gasteiger partial charge on any atom is -0.543 e. The van der Waals surface area contributed by atoms with E-state index in [9.17, 15) is 14.7 Å². The van der Waals surface area contributed by atoms with Crippen LogP contribution in [0.2, 0.25) is 0 Å². The van der Waals surface area contributed by atoms with Gasteiger partial charge in [-0.3, -0.25) is 9.69 Å². The number of likely N-dealkylation sites (tertiary alicyclic amines) is 1. The van der Waals surface area contributed by atoms with Crippen LogP contribution in [0.4, 0.5) is 0 Å². The summed E-state index contributed by atoms with van der Waals surface area (Å²) in [7, 11) is 0. The molecule has 0 bridgehead atoms. The molecule has 6 nitrogen and oxygen atoms in total. The van der Waals surface area contributed by atoms with Crippen LogP contribution in [-0.4, -0.2) is 39.0 Å². The van der Waals surface area contributed by atoms with Crippen LogP contribution in [0.25, 0.3) is 11.0 Å². The molecular formula is C24H32N3O3-. The lowest BCUT2D eigenvalue weighted by molar-refractivity contribution is -0.255. The van der Waals surface area contributed by atoms with Gasteiger partial charge in [-0.25, -0.2) is 4.98 Å². The summed E-state index contributed by atoms with van der Waals surface area (Å²) in [5.41, 5.74) is 0.502. The van der Waals surface area contributed by atoms with Gasteiger partial charge in [-0.15, -0.1) is 0 Å². The molecule has 0 atom stereocenters. The zero-order valence-electron chi connectivity index (χ0n) is 17.9. The second-order valence-electron chi connectivity index (χ2n) is 8.98. The van der Waals surface area contributed by atoms with Gasteiger partial charge in [0.25, 0.3) is 5.56 Å². The van der Waals surface area contributed by atoms with Crippen LogP contribution in [-0.2, 0) is 0 Å². The zero-order valence-corrected chi connectivity index (χ0v) is 17.9. The van der Waals surface area contributed by atoms with E-state index in [1.807, 2.05) is 18.2 Å². The van der Waals surface area contributed by atoms with E-state index >= 15 is 0 Å². The largest absolute Gasteiger partial charge is 0.543 e. The van der Waals surface area contributed by atoms with Crippen molar-refractivity contribution in [1.82, 2.24) is 14.5 Å². The number of piperidine rings is 1. The third-order valence-electron chi connectivity index (χ3n) is 7.43. The molecular weight excluding hydrogens is 378 g/mol. The lowest BCUT2D eigenvalue weighted by atomic mass is 9.79. The van der Waals surface area contributed by atoms with Gasteiger partial charge in [0, 0.05) is 24.7 Å². The fraction of sp³-hybridized carbons (Fsp3) is 0.625. The first kappa shape index (κ1) is 21.0. The molecule has 0 radical (unpaired) electrons. The van der Waals surface area contributed by atoms with Crippen molar-refractivity contribution in [2.45, 2.75) is 82.7 Å². The van der Waals surface area contributed by atoms with Gasteiger partial charge >= 0.3 is 0 Å². The molecule has 2 aromatic rings. The van der Waals surface area contributed by atoms with Crippen molar-refractivity contribution >= 4 is 17.0 Å². The van der Waals surface area contributed by atoms with E-state index in [4.69, 9.17) is 0 Å². The maximum atomic E-state index is 13.0. The maximum Gasteiger partial charge on any atom is 0.279 e. The number of carboxylic acid groups (broad SMARTS) is 1. The average Bonchev–Trinajstić information content (AvgIpc) is 2.74. The van der Waals surface area contributed by atoms with Crippen molar-refractivity contribution < 1.29 is 9.90 Å². The molecule has 1 aliphatic carbocycles. The zero-order chi connectivity index (χ0) is 21.1. The van der Waals surface area contributed by atoms with Gasteiger partial charge in [0.2, 0.25) is 0 Å². The molecule has 30 heavy (non-hydrogen) atoms. The van der Waals surface area contributed by atoms with Gasteiger partial charge in [-0.2, -0.15) is 0 Å². The molecule has 1 aromatic carbocycles. The Morgan fingerprint density at radius 3 is 2.37 bits per heavy atom. The van der Waals surface area contributed by atoms with Gasteiger partial charge in [-0.1, -0.05) is 51.2 Å². The van der Waals surface area contributed by atoms with Crippen LogP contribution in [0, 0.1) is 0 Å². The molecule has 2 heterocycles. The predicted molar refractivity (Wildman–Crippen MR) is 116 cm³/mol. The molecule has 162 valence electrons. The fourth-order valence-corrected chi connectivity index (χ4v) is 5.70. The van der Waals surface area contributed by atoms with Crippen LogP contribution in [0.3, 0.4) is 0 Å². The third kappa shape index (κ3) is 3.89. The molecule has 0 spiro atoms. The number of carbonyl (C=O) groups is 1. The van der Waals surface area contributed by atoms with Gasteiger partial charge in [0.1, 0.15) is 0 Å². The monoisotopic (exact) mass is 410 g/mol. The summed E-state index contributed by atoms with van der Waals surface area (Å²) in [6.07, 6.45) is 12.0. The summed E-state index contributed by atoms with van der Waals surface area (Å²) >= 11 is 0. The smallest absolute Gasteiger partial charge is 0.279 e. The van der Waals surface area contributed by atoms with E-state index in [1.54, 1.807) is 10.6 Å². The van der Waals surface area contributed by atoms with Crippen LogP contribution in [0.15, 0.2) is 29.1 Å². The van der Waals surface area contributed by atoms with Gasteiger partial charge < -0.3 is 14.5 Å². The van der Waals surface area contributed by atoms with Crippen LogP contribution in [0.1, 0.15) is 87.7 Å². The van der Waals surface area contributed by atoms with Crippen molar-refractivity contribution in [1.29, 1.82) is 0 Å². The Balaban J connectivity index is 1.61. The highest BCUT2D eigenvalue weighted by Gasteiger charge is 2.37. The first-order valence-corrected chi connectivity index (χ1v) is 11.5. The minimum atomic E-state index is -1.50. The van der Waals surface area contributed by atoms with Crippen LogP contribution >= 0.6 is 0 Å². The molecule has 1 saturated carbocycles. The first-order chi connectivity index (χ1) is 14.6. The second-order valence-corrected chi connectivity index (χ2v) is 8.98. The van der Waals surface area contributed by atoms with E-state index in [-0.39, 0.29) is 11.6 Å². The summed E-state index contributed by atoms with van der Waals surface area (Å²) in [6.45, 7) is 4.21. The fourth-order valence-electron chi connectivity index (χ4n) is 5.70. The highest BCUT2D eigenvalue weighted by molar-refractivity contribution is 5.86. The topological polar surface area (TPSA) is 78.3 Å². The molecule has 2 aliphatic rings. The van der Waals surface area contributed by atoms with Gasteiger partial charge in [-0.05, 0) is 44.2 Å². The molecule has 0 N–H and O–H groups in total. The molecule has 2 fully saturated rings. The number of fused-ring (bicyclic) bond motifs is 1. The first-order valence-electron chi connectivity index (χ1n) is 11.5. The molecule has 0 unspecified atom stereocenters. The summed E-state index contributed by atoms with van der Waals surface area (Å²) in [5, 5.41) is 11.5. The minimum absolute atomic E-state index is 0.0118. The summed E-state index contributed by atoms with van der Waals surface area (Å²) < 4.78 is 1.67. The molecule has 6 heteroatoms. The van der Waals surface area contributed by atoms with E-state index in [2.05, 4.69) is 16.8 Å². The van der Waals surface area contributed by atoms with E-state index in [0.717, 1.165) is 25.9 Å². The van der Waals surface area contributed by atoms with E-state index in [0.29, 0.717) is 11.0 Å². The molecule has 0 amide bonds. The molecule has 1 aliphatic heterocycles. The van der Waals surface area contributed by atoms with Crippen molar-refractivity contribution in [3.63, 3.8) is 0 Å². The van der Waals surface area contributed by atoms with Crippen molar-refractivity contribution in [2.75, 3.05) is 13.1 Å². The van der Waals surface area contributed by atoms with E-state index in [1.165, 1.54) is 51.4 Å². The van der Waals surface area contributed by atoms with Gasteiger partial charge in [0.05, 0.1) is 17.0 Å². The van der Waals surface area contributed by atoms with Crippen LogP contribution < -0.4 is 10.7 Å². The SMILES string of the molecule is CCC1(N2CCC(n3c(=O)c(C(=O)[O-])nc4ccccc43)CC2)CCCCCCC1. The number of hydrogen-bond donors (Lipinski definition) is 0. The summed E-state index contributed by atoms with van der Waals surface area (Å²) in [4.78, 5) is 31.2. The van der Waals surface area contributed by atoms with Crippen molar-refractivity contribution in [3.8, 4) is 0 Å². The van der Waals surface area contributed by atoms with Gasteiger partial charge in [0.15, 0.2) is 5.69 Å². The number of aromatic nitrogens is 2. The lowest BCUT2D eigenvalue weighted by Gasteiger charge is -2.48. The standard InChI is InChI=1S/C24H33N3O3/c1-2-24(14-8-4-3-5-9-15-24)26-16-12-18(13-17-26)27-20-11-7-6-10-19(20)25-21(22(27)28)23(29)30/h6-7,10-11,18H,2-5,8-9,12-17H2,1H3,(H,29,30)/p-1. The molecule has 1 aromatic heterocycles. The second kappa shape index (κ2) is 8.88. The number of aromatic carboxylic acids is 1. The number of carbonyl (C=O) groups excluding carboxylic acids is 1. The Morgan fingerprint density at radius 2 is 1.73 bits per heavy atom. The Hall–Kier alpha value is -2.21. The number of rotatable bonds is 4. The maximum absolute atomic E-state index is 13.0. The molecule has 1 saturated heterocycles. The van der Waals surface area contributed by atoms with Crippen molar-refractivity contribution in [2.24, 2.45) is 0 Å². The Labute approximate surface area is 177 Å². The third-order valence-corrected chi connectivity index (χ3v) is 7.43. The number of hydrogen-bond acceptors (Lipinski definition) is 5. The number of benzene rings is 1. The number of para-hydroxylation sites is 2. The highest BCUT2D eigenvalue weighted by Crippen LogP contribution is 2.38. The summed E-state index contributed by atoms with van der Waals surface area (Å²) in [5.74, 6) is -1.50. The highest BCUT2D eigenvalue weighted by atomic mass is 16.4. The quantitative estimate of drug-likeness (QED) is 0.773. The average molecular weight is 411 g/mol. The normalized spacial score (nSPS) is 21.2. The Kier molecular flexibility index (Phi) is 6.23. The Bertz CT molecular complexity index is 952. The predicted octanol–water partition coefficient (Wildman–Crippen LogP) is 3.29.